The highest BCUT2D eigenvalue weighted by molar-refractivity contribution is 5.98. The number of carboxylic acids is 1. The molecule has 2 saturated heterocycles. The molecule has 3 aliphatic rings. The molecule has 5 heterocycles. The maximum atomic E-state index is 15.7. The van der Waals surface area contributed by atoms with E-state index in [1.807, 2.05) is 7.05 Å². The Hall–Kier alpha value is -4.42. The van der Waals surface area contributed by atoms with Gasteiger partial charge in [-0.15, -0.1) is 0 Å². The Labute approximate surface area is 239 Å². The molecule has 0 spiro atoms. The standard InChI is InChI=1S/C30H28F2N6O4/c1-33-20-8-19(31)26(32)24-15(20)7-21-25(24)27(38-12-22-23(13-38)42-5-4-36(22)2)17(10-34-21)14-6-16-28(39)18(30(40)41)11-37(3)29(16)35-9-14/h6,8-11,22-23,33H,4-5,7,12-13H2,1-3H3,(H,40,41)/t22-,23+/m0/s1. The number of carboxylic acid groups (broad SMARTS) is 1. The fraction of sp³-hybridized carbons (Fsp3) is 0.333. The zero-order valence-corrected chi connectivity index (χ0v) is 23.2. The molecule has 0 unspecified atom stereocenters. The third-order valence-electron chi connectivity index (χ3n) is 8.77. The normalized spacial score (nSPS) is 19.6. The first kappa shape index (κ1) is 26.5. The molecule has 42 heavy (non-hydrogen) atoms. The number of anilines is 2. The topological polar surface area (TPSA) is 113 Å². The van der Waals surface area contributed by atoms with E-state index < -0.39 is 23.0 Å². The van der Waals surface area contributed by atoms with Gasteiger partial charge in [-0.05, 0) is 18.7 Å². The molecule has 0 bridgehead atoms. The Balaban J connectivity index is 1.50. The highest BCUT2D eigenvalue weighted by atomic mass is 19.2. The molecule has 7 rings (SSSR count). The van der Waals surface area contributed by atoms with Crippen LogP contribution in [0.15, 0.2) is 35.5 Å². The fourth-order valence-corrected chi connectivity index (χ4v) is 6.68. The van der Waals surface area contributed by atoms with Gasteiger partial charge in [-0.2, -0.15) is 0 Å². The van der Waals surface area contributed by atoms with Crippen LogP contribution >= 0.6 is 0 Å². The quantitative estimate of drug-likeness (QED) is 0.334. The highest BCUT2D eigenvalue weighted by Gasteiger charge is 2.42. The number of carbonyl (C=O) groups is 1. The summed E-state index contributed by atoms with van der Waals surface area (Å²) >= 11 is 0. The molecule has 2 fully saturated rings. The highest BCUT2D eigenvalue weighted by Crippen LogP contribution is 2.50. The minimum Gasteiger partial charge on any atom is -0.477 e. The lowest BCUT2D eigenvalue weighted by Crippen LogP contribution is -2.48. The number of halogens is 2. The first-order valence-electron chi connectivity index (χ1n) is 13.7. The van der Waals surface area contributed by atoms with E-state index in [-0.39, 0.29) is 28.7 Å². The van der Waals surface area contributed by atoms with Crippen molar-refractivity contribution in [2.45, 2.75) is 18.6 Å². The van der Waals surface area contributed by atoms with Gasteiger partial charge in [0.15, 0.2) is 11.6 Å². The molecule has 216 valence electrons. The Morgan fingerprint density at radius 1 is 1.14 bits per heavy atom. The molecule has 0 saturated carbocycles. The van der Waals surface area contributed by atoms with Crippen molar-refractivity contribution in [3.8, 4) is 22.3 Å². The molecule has 2 N–H and O–H groups in total. The minimum atomic E-state index is -1.33. The SMILES string of the molecule is CNc1cc(F)c(F)c2c1Cc1ncc(-c3cnc4c(c3)c(=O)c(C(=O)O)cn4C)c(N3C[C@H]4OCCN(C)[C@H]4C3)c1-2. The van der Waals surface area contributed by atoms with E-state index in [9.17, 15) is 19.1 Å². The number of hydrogen-bond donors (Lipinski definition) is 2. The van der Waals surface area contributed by atoms with E-state index in [0.717, 1.165) is 12.6 Å². The van der Waals surface area contributed by atoms with E-state index in [0.29, 0.717) is 71.1 Å². The van der Waals surface area contributed by atoms with Crippen LogP contribution in [-0.2, 0) is 18.2 Å². The molecule has 1 aliphatic carbocycles. The van der Waals surface area contributed by atoms with Crippen LogP contribution in [0, 0.1) is 11.6 Å². The summed E-state index contributed by atoms with van der Waals surface area (Å²) in [5.74, 6) is -3.23. The van der Waals surface area contributed by atoms with E-state index >= 15 is 4.39 Å². The number of benzene rings is 1. The number of aromatic carboxylic acids is 1. The summed E-state index contributed by atoms with van der Waals surface area (Å²) in [4.78, 5) is 38.5. The number of likely N-dealkylation sites (N-methyl/N-ethyl adjacent to an activating group) is 1. The minimum absolute atomic E-state index is 0.0772. The van der Waals surface area contributed by atoms with Gasteiger partial charge in [0.2, 0.25) is 5.43 Å². The van der Waals surface area contributed by atoms with Gasteiger partial charge < -0.3 is 24.6 Å². The molecule has 4 aromatic rings. The molecule has 0 radical (unpaired) electrons. The predicted molar refractivity (Wildman–Crippen MR) is 153 cm³/mol. The maximum Gasteiger partial charge on any atom is 0.341 e. The summed E-state index contributed by atoms with van der Waals surface area (Å²) in [6, 6.07) is 2.87. The molecular formula is C30H28F2N6O4. The lowest BCUT2D eigenvalue weighted by molar-refractivity contribution is -0.0362. The lowest BCUT2D eigenvalue weighted by atomic mass is 9.97. The first-order chi connectivity index (χ1) is 20.2. The average molecular weight is 575 g/mol. The van der Waals surface area contributed by atoms with Crippen molar-refractivity contribution in [1.82, 2.24) is 19.4 Å². The zero-order chi connectivity index (χ0) is 29.4. The van der Waals surface area contributed by atoms with Crippen LogP contribution in [0.5, 0.6) is 0 Å². The molecular weight excluding hydrogens is 546 g/mol. The largest absolute Gasteiger partial charge is 0.477 e. The Morgan fingerprint density at radius 2 is 1.95 bits per heavy atom. The van der Waals surface area contributed by atoms with Gasteiger partial charge in [-0.1, -0.05) is 0 Å². The Morgan fingerprint density at radius 3 is 2.69 bits per heavy atom. The second kappa shape index (κ2) is 9.57. The lowest BCUT2D eigenvalue weighted by Gasteiger charge is -2.33. The molecule has 12 heteroatoms. The van der Waals surface area contributed by atoms with Crippen LogP contribution in [0.2, 0.25) is 0 Å². The van der Waals surface area contributed by atoms with Crippen LogP contribution < -0.4 is 15.6 Å². The monoisotopic (exact) mass is 574 g/mol. The van der Waals surface area contributed by atoms with Crippen molar-refractivity contribution in [2.75, 3.05) is 50.6 Å². The van der Waals surface area contributed by atoms with E-state index in [2.05, 4.69) is 20.1 Å². The predicted octanol–water partition coefficient (Wildman–Crippen LogP) is 3.10. The van der Waals surface area contributed by atoms with Gasteiger partial charge in [0.05, 0.1) is 35.5 Å². The Bertz CT molecular complexity index is 1880. The van der Waals surface area contributed by atoms with Gasteiger partial charge >= 0.3 is 5.97 Å². The number of aromatic nitrogens is 3. The van der Waals surface area contributed by atoms with Gasteiger partial charge in [0, 0.05) is 92.7 Å². The number of aryl methyl sites for hydroxylation is 1. The second-order valence-electron chi connectivity index (χ2n) is 11.1. The van der Waals surface area contributed by atoms with Gasteiger partial charge in [-0.3, -0.25) is 14.7 Å². The number of morpholine rings is 1. The number of pyridine rings is 3. The van der Waals surface area contributed by atoms with Crippen LogP contribution in [0.3, 0.4) is 0 Å². The van der Waals surface area contributed by atoms with Gasteiger partial charge in [-0.25, -0.2) is 18.6 Å². The number of rotatable bonds is 4. The summed E-state index contributed by atoms with van der Waals surface area (Å²) in [7, 11) is 5.34. The maximum absolute atomic E-state index is 15.7. The number of ether oxygens (including phenoxy) is 1. The average Bonchev–Trinajstić information content (AvgIpc) is 3.59. The molecule has 2 aliphatic heterocycles. The second-order valence-corrected chi connectivity index (χ2v) is 11.1. The summed E-state index contributed by atoms with van der Waals surface area (Å²) in [6.45, 7) is 2.50. The van der Waals surface area contributed by atoms with Crippen molar-refractivity contribution in [1.29, 1.82) is 0 Å². The third kappa shape index (κ3) is 3.82. The number of nitrogens with zero attached hydrogens (tertiary/aromatic N) is 5. The summed E-state index contributed by atoms with van der Waals surface area (Å²) in [6.07, 6.45) is 4.76. The van der Waals surface area contributed by atoms with Crippen LogP contribution in [0.1, 0.15) is 21.6 Å². The first-order valence-corrected chi connectivity index (χ1v) is 13.7. The van der Waals surface area contributed by atoms with Crippen LogP contribution in [0.4, 0.5) is 20.2 Å². The zero-order valence-electron chi connectivity index (χ0n) is 23.2. The summed E-state index contributed by atoms with van der Waals surface area (Å²) in [5.41, 5.74) is 3.45. The van der Waals surface area contributed by atoms with E-state index in [1.54, 1.807) is 32.6 Å². The van der Waals surface area contributed by atoms with E-state index in [1.165, 1.54) is 10.8 Å². The number of fused-ring (bicyclic) bond motifs is 5. The number of hydrogen-bond acceptors (Lipinski definition) is 8. The smallest absolute Gasteiger partial charge is 0.341 e. The van der Waals surface area contributed by atoms with Gasteiger partial charge in [0.1, 0.15) is 11.2 Å². The van der Waals surface area contributed by atoms with Crippen molar-refractivity contribution in [3.05, 3.63) is 69.4 Å². The molecule has 3 aromatic heterocycles. The van der Waals surface area contributed by atoms with Crippen LogP contribution in [0.25, 0.3) is 33.3 Å². The number of nitrogens with one attached hydrogen (secondary N) is 1. The van der Waals surface area contributed by atoms with Crippen LogP contribution in [-0.4, -0.2) is 83.0 Å². The van der Waals surface area contributed by atoms with Crippen molar-refractivity contribution in [3.63, 3.8) is 0 Å². The summed E-state index contributed by atoms with van der Waals surface area (Å²) in [5, 5.41) is 12.7. The Kier molecular flexibility index (Phi) is 6.03. The van der Waals surface area contributed by atoms with Crippen molar-refractivity contribution >= 4 is 28.4 Å². The van der Waals surface area contributed by atoms with Crippen molar-refractivity contribution < 1.29 is 23.4 Å². The third-order valence-corrected chi connectivity index (χ3v) is 8.77. The van der Waals surface area contributed by atoms with E-state index in [4.69, 9.17) is 9.72 Å². The summed E-state index contributed by atoms with van der Waals surface area (Å²) < 4.78 is 38.2. The molecule has 1 aromatic carbocycles. The molecule has 2 atom stereocenters. The van der Waals surface area contributed by atoms with Crippen molar-refractivity contribution in [2.24, 2.45) is 7.05 Å². The van der Waals surface area contributed by atoms with Gasteiger partial charge in [0.25, 0.3) is 0 Å². The molecule has 10 nitrogen and oxygen atoms in total. The fourth-order valence-electron chi connectivity index (χ4n) is 6.68. The molecule has 0 amide bonds.